The first-order valence-corrected chi connectivity index (χ1v) is 11.5. The average Bonchev–Trinajstić information content (AvgIpc) is 2.82. The number of hydrogen-bond donors (Lipinski definition) is 0. The summed E-state index contributed by atoms with van der Waals surface area (Å²) in [5.41, 5.74) is 0.482. The van der Waals surface area contributed by atoms with Crippen molar-refractivity contribution in [2.75, 3.05) is 53.5 Å². The summed E-state index contributed by atoms with van der Waals surface area (Å²) in [6, 6.07) is 5.13. The molecule has 0 aliphatic carbocycles. The van der Waals surface area contributed by atoms with Crippen LogP contribution in [0.2, 0.25) is 0 Å². The maximum atomic E-state index is 12.9. The van der Waals surface area contributed by atoms with Crippen molar-refractivity contribution in [2.24, 2.45) is 0 Å². The minimum atomic E-state index is -0.117. The third kappa shape index (κ3) is 6.87. The number of nitrogens with zero attached hydrogens (tertiary/aromatic N) is 3. The molecule has 0 saturated carbocycles. The summed E-state index contributed by atoms with van der Waals surface area (Å²) in [7, 11) is 3.09. The Morgan fingerprint density at radius 3 is 2.09 bits per heavy atom. The van der Waals surface area contributed by atoms with Crippen LogP contribution in [0.15, 0.2) is 18.2 Å². The number of methoxy groups -OCH3 is 2. The second kappa shape index (κ2) is 12.9. The molecule has 3 amide bonds. The zero-order valence-electron chi connectivity index (χ0n) is 19.9. The highest BCUT2D eigenvalue weighted by Gasteiger charge is 2.26. The molecule has 0 atom stereocenters. The van der Waals surface area contributed by atoms with Crippen molar-refractivity contribution in [3.63, 3.8) is 0 Å². The smallest absolute Gasteiger partial charge is 0.257 e. The molecule has 1 fully saturated rings. The quantitative estimate of drug-likeness (QED) is 0.521. The number of carbonyl (C=O) groups excluding carboxylic acids is 3. The number of carbonyl (C=O) groups is 3. The molecule has 0 N–H and O–H groups in total. The molecule has 178 valence electrons. The van der Waals surface area contributed by atoms with Gasteiger partial charge >= 0.3 is 0 Å². The zero-order valence-corrected chi connectivity index (χ0v) is 19.9. The Kier molecular flexibility index (Phi) is 10.3. The van der Waals surface area contributed by atoms with Crippen molar-refractivity contribution in [2.45, 2.75) is 46.0 Å². The molecule has 1 heterocycles. The number of benzene rings is 1. The van der Waals surface area contributed by atoms with Gasteiger partial charge in [0.15, 0.2) is 0 Å². The lowest BCUT2D eigenvalue weighted by Crippen LogP contribution is -2.50. The van der Waals surface area contributed by atoms with Crippen LogP contribution in [0.5, 0.6) is 11.5 Å². The normalized spacial score (nSPS) is 13.6. The highest BCUT2D eigenvalue weighted by Crippen LogP contribution is 2.26. The highest BCUT2D eigenvalue weighted by atomic mass is 16.5. The maximum absolute atomic E-state index is 12.9. The second-order valence-corrected chi connectivity index (χ2v) is 7.97. The van der Waals surface area contributed by atoms with Crippen LogP contribution in [0.3, 0.4) is 0 Å². The largest absolute Gasteiger partial charge is 0.497 e. The first kappa shape index (κ1) is 25.5. The van der Waals surface area contributed by atoms with Crippen LogP contribution in [-0.2, 0) is 9.59 Å². The van der Waals surface area contributed by atoms with E-state index in [1.54, 1.807) is 35.1 Å². The van der Waals surface area contributed by atoms with Crippen molar-refractivity contribution in [1.29, 1.82) is 0 Å². The molecule has 8 nitrogen and oxygen atoms in total. The van der Waals surface area contributed by atoms with Crippen LogP contribution in [0, 0.1) is 0 Å². The summed E-state index contributed by atoms with van der Waals surface area (Å²) in [5.74, 6) is 1.15. The molecule has 1 aliphatic heterocycles. The molecular weight excluding hydrogens is 410 g/mol. The Morgan fingerprint density at radius 1 is 0.906 bits per heavy atom. The number of piperazine rings is 1. The molecule has 0 aromatic heterocycles. The SMILES string of the molecule is CCCN(CCC)C(=O)CCCC(=O)N1CCN(C(=O)c2ccc(OC)cc2OC)CC1. The van der Waals surface area contributed by atoms with Gasteiger partial charge in [0.05, 0.1) is 19.8 Å². The summed E-state index contributed by atoms with van der Waals surface area (Å²) in [4.78, 5) is 43.3. The first-order chi connectivity index (χ1) is 15.4. The Hall–Kier alpha value is -2.77. The predicted octanol–water partition coefficient (Wildman–Crippen LogP) is 2.81. The number of amides is 3. The van der Waals surface area contributed by atoms with E-state index in [-0.39, 0.29) is 17.7 Å². The fraction of sp³-hybridized carbons (Fsp3) is 0.625. The van der Waals surface area contributed by atoms with Crippen LogP contribution in [0.4, 0.5) is 0 Å². The number of ether oxygens (including phenoxy) is 2. The van der Waals surface area contributed by atoms with E-state index >= 15 is 0 Å². The van der Waals surface area contributed by atoms with Gasteiger partial charge in [-0.05, 0) is 31.4 Å². The van der Waals surface area contributed by atoms with Gasteiger partial charge in [0.1, 0.15) is 11.5 Å². The van der Waals surface area contributed by atoms with Crippen molar-refractivity contribution in [3.8, 4) is 11.5 Å². The van der Waals surface area contributed by atoms with Crippen LogP contribution in [0.1, 0.15) is 56.3 Å². The summed E-state index contributed by atoms with van der Waals surface area (Å²) in [6.45, 7) is 7.61. The Bertz CT molecular complexity index is 769. The Labute approximate surface area is 191 Å². The van der Waals surface area contributed by atoms with Crippen LogP contribution >= 0.6 is 0 Å². The molecule has 1 aromatic carbocycles. The minimum Gasteiger partial charge on any atom is -0.497 e. The molecule has 32 heavy (non-hydrogen) atoms. The molecule has 2 rings (SSSR count). The van der Waals surface area contributed by atoms with Gasteiger partial charge in [-0.25, -0.2) is 0 Å². The first-order valence-electron chi connectivity index (χ1n) is 11.5. The molecule has 0 bridgehead atoms. The monoisotopic (exact) mass is 447 g/mol. The van der Waals surface area contributed by atoms with Crippen molar-refractivity contribution < 1.29 is 23.9 Å². The molecule has 1 aromatic rings. The molecule has 1 aliphatic rings. The van der Waals surface area contributed by atoms with E-state index in [1.807, 2.05) is 4.90 Å². The lowest BCUT2D eigenvalue weighted by atomic mass is 10.1. The van der Waals surface area contributed by atoms with E-state index in [2.05, 4.69) is 13.8 Å². The second-order valence-electron chi connectivity index (χ2n) is 7.97. The summed E-state index contributed by atoms with van der Waals surface area (Å²) in [5, 5.41) is 0. The number of rotatable bonds is 11. The zero-order chi connectivity index (χ0) is 23.5. The standard InChI is InChI=1S/C24H37N3O5/c1-5-12-25(13-6-2)22(28)8-7-9-23(29)26-14-16-27(17-15-26)24(30)20-11-10-19(31-3)18-21(20)32-4/h10-11,18H,5-9,12-17H2,1-4H3. The van der Waals surface area contributed by atoms with E-state index in [0.717, 1.165) is 25.9 Å². The summed E-state index contributed by atoms with van der Waals surface area (Å²) < 4.78 is 10.5. The van der Waals surface area contributed by atoms with Crippen molar-refractivity contribution >= 4 is 17.7 Å². The lowest BCUT2D eigenvalue weighted by molar-refractivity contribution is -0.133. The molecular formula is C24H37N3O5. The van der Waals surface area contributed by atoms with Crippen LogP contribution in [0.25, 0.3) is 0 Å². The Balaban J connectivity index is 1.81. The van der Waals surface area contributed by atoms with Crippen LogP contribution in [-0.4, -0.2) is 85.9 Å². The fourth-order valence-corrected chi connectivity index (χ4v) is 3.91. The topological polar surface area (TPSA) is 79.4 Å². The van der Waals surface area contributed by atoms with Gasteiger partial charge in [0.2, 0.25) is 11.8 Å². The average molecular weight is 448 g/mol. The van der Waals surface area contributed by atoms with E-state index in [4.69, 9.17) is 9.47 Å². The maximum Gasteiger partial charge on any atom is 0.257 e. The summed E-state index contributed by atoms with van der Waals surface area (Å²) >= 11 is 0. The molecule has 0 unspecified atom stereocenters. The van der Waals surface area contributed by atoms with Crippen molar-refractivity contribution in [1.82, 2.24) is 14.7 Å². The Morgan fingerprint density at radius 2 is 1.53 bits per heavy atom. The van der Waals surface area contributed by atoms with Gasteiger partial charge in [0.25, 0.3) is 5.91 Å². The minimum absolute atomic E-state index is 0.0458. The third-order valence-electron chi connectivity index (χ3n) is 5.68. The van der Waals surface area contributed by atoms with E-state index in [1.165, 1.54) is 7.11 Å². The lowest BCUT2D eigenvalue weighted by Gasteiger charge is -2.35. The van der Waals surface area contributed by atoms with Crippen molar-refractivity contribution in [3.05, 3.63) is 23.8 Å². The van der Waals surface area contributed by atoms with E-state index in [0.29, 0.717) is 62.5 Å². The number of hydrogen-bond acceptors (Lipinski definition) is 5. The van der Waals surface area contributed by atoms with Crippen LogP contribution < -0.4 is 9.47 Å². The molecule has 8 heteroatoms. The third-order valence-corrected chi connectivity index (χ3v) is 5.68. The van der Waals surface area contributed by atoms with Gasteiger partial charge in [-0.15, -0.1) is 0 Å². The summed E-state index contributed by atoms with van der Waals surface area (Å²) in [6.07, 6.45) is 3.20. The predicted molar refractivity (Wildman–Crippen MR) is 123 cm³/mol. The van der Waals surface area contributed by atoms with E-state index in [9.17, 15) is 14.4 Å². The highest BCUT2D eigenvalue weighted by molar-refractivity contribution is 5.97. The van der Waals surface area contributed by atoms with E-state index < -0.39 is 0 Å². The molecule has 0 spiro atoms. The van der Waals surface area contributed by atoms with Gasteiger partial charge in [0, 0.05) is 58.2 Å². The van der Waals surface area contributed by atoms with Gasteiger partial charge in [-0.2, -0.15) is 0 Å². The van der Waals surface area contributed by atoms with Gasteiger partial charge < -0.3 is 24.2 Å². The van der Waals surface area contributed by atoms with Gasteiger partial charge in [-0.1, -0.05) is 13.8 Å². The fourth-order valence-electron chi connectivity index (χ4n) is 3.91. The van der Waals surface area contributed by atoms with Gasteiger partial charge in [-0.3, -0.25) is 14.4 Å². The molecule has 0 radical (unpaired) electrons. The molecule has 1 saturated heterocycles.